The number of benzene rings is 2. The van der Waals surface area contributed by atoms with E-state index in [2.05, 4.69) is 0 Å². The molecule has 2 aromatic carbocycles. The molecule has 0 saturated carbocycles. The highest BCUT2D eigenvalue weighted by molar-refractivity contribution is 7.91. The number of carbonyl (C=O) groups is 2. The van der Waals surface area contributed by atoms with Gasteiger partial charge in [-0.1, -0.05) is 18.2 Å². The number of methoxy groups -OCH3 is 2. The zero-order valence-electron chi connectivity index (χ0n) is 16.6. The van der Waals surface area contributed by atoms with Gasteiger partial charge in [-0.25, -0.2) is 13.2 Å². The van der Waals surface area contributed by atoms with Gasteiger partial charge in [-0.05, 0) is 30.7 Å². The van der Waals surface area contributed by atoms with Gasteiger partial charge >= 0.3 is 5.97 Å². The van der Waals surface area contributed by atoms with Crippen LogP contribution >= 0.6 is 0 Å². The number of esters is 1. The molecule has 0 unspecified atom stereocenters. The van der Waals surface area contributed by atoms with Crippen molar-refractivity contribution in [2.24, 2.45) is 5.73 Å². The molecule has 0 fully saturated rings. The molecule has 9 nitrogen and oxygen atoms in total. The molecule has 10 heteroatoms. The Morgan fingerprint density at radius 1 is 1.00 bits per heavy atom. The maximum absolute atomic E-state index is 12.4. The summed E-state index contributed by atoms with van der Waals surface area (Å²) in [6.07, 6.45) is 0.136. The van der Waals surface area contributed by atoms with E-state index < -0.39 is 28.3 Å². The first-order valence-electron chi connectivity index (χ1n) is 8.90. The monoisotopic (exact) mass is 437 g/mol. The van der Waals surface area contributed by atoms with Crippen LogP contribution in [0.1, 0.15) is 16.8 Å². The summed E-state index contributed by atoms with van der Waals surface area (Å²) in [4.78, 5) is 23.5. The lowest BCUT2D eigenvalue weighted by Gasteiger charge is -2.15. The Balaban J connectivity index is 2.02. The van der Waals surface area contributed by atoms with Crippen LogP contribution in [-0.2, 0) is 19.4 Å². The molecule has 0 aliphatic rings. The average molecular weight is 437 g/mol. The van der Waals surface area contributed by atoms with Crippen LogP contribution < -0.4 is 19.9 Å². The fourth-order valence-corrected chi connectivity index (χ4v) is 3.83. The number of hydrogen-bond acceptors (Lipinski definition) is 8. The van der Waals surface area contributed by atoms with Crippen LogP contribution in [0, 0.1) is 0 Å². The van der Waals surface area contributed by atoms with Gasteiger partial charge in [-0.2, -0.15) is 0 Å². The first kappa shape index (κ1) is 23.0. The number of nitrogens with two attached hydrogens (primary N) is 1. The Kier molecular flexibility index (Phi) is 8.05. The quantitative estimate of drug-likeness (QED) is 0.414. The second-order valence-electron chi connectivity index (χ2n) is 6.09. The van der Waals surface area contributed by atoms with Crippen LogP contribution in [0.4, 0.5) is 0 Å². The maximum Gasteiger partial charge on any atom is 0.338 e. The third-order valence-electron chi connectivity index (χ3n) is 3.95. The van der Waals surface area contributed by atoms with E-state index in [0.717, 1.165) is 0 Å². The molecular weight excluding hydrogens is 414 g/mol. The Morgan fingerprint density at radius 2 is 1.60 bits per heavy atom. The van der Waals surface area contributed by atoms with Crippen molar-refractivity contribution in [2.45, 2.75) is 11.3 Å². The molecule has 1 amide bonds. The predicted molar refractivity (Wildman–Crippen MR) is 108 cm³/mol. The highest BCUT2D eigenvalue weighted by Gasteiger charge is 2.20. The van der Waals surface area contributed by atoms with E-state index in [0.29, 0.717) is 0 Å². The smallest absolute Gasteiger partial charge is 0.338 e. The number of amides is 1. The van der Waals surface area contributed by atoms with E-state index in [1.54, 1.807) is 18.2 Å². The molecule has 2 N–H and O–H groups in total. The zero-order valence-corrected chi connectivity index (χ0v) is 17.4. The van der Waals surface area contributed by atoms with Crippen molar-refractivity contribution in [3.63, 3.8) is 0 Å². The molecular formula is C20H23NO8S. The first-order chi connectivity index (χ1) is 14.3. The van der Waals surface area contributed by atoms with Crippen molar-refractivity contribution in [1.82, 2.24) is 0 Å². The van der Waals surface area contributed by atoms with Crippen LogP contribution in [0.5, 0.6) is 17.2 Å². The van der Waals surface area contributed by atoms with Crippen molar-refractivity contribution < 1.29 is 37.0 Å². The van der Waals surface area contributed by atoms with Gasteiger partial charge in [0, 0.05) is 0 Å². The molecule has 0 radical (unpaired) electrons. The number of hydrogen-bond donors (Lipinski definition) is 1. The lowest BCUT2D eigenvalue weighted by atomic mass is 10.2. The van der Waals surface area contributed by atoms with Gasteiger partial charge in [0.15, 0.2) is 27.9 Å². The summed E-state index contributed by atoms with van der Waals surface area (Å²) in [7, 11) is -0.736. The highest BCUT2D eigenvalue weighted by atomic mass is 32.2. The minimum absolute atomic E-state index is 0.0878. The van der Waals surface area contributed by atoms with E-state index in [1.807, 2.05) is 0 Å². The molecule has 0 spiro atoms. The van der Waals surface area contributed by atoms with Crippen LogP contribution in [0.2, 0.25) is 0 Å². The standard InChI is InChI=1S/C20H23NO8S/c1-26-16-11-14(12-17(27-2)19(16)29-13-18(21)22)20(23)28-9-6-10-30(24,25)15-7-4-3-5-8-15/h3-5,7-8,11-12H,6,9-10,13H2,1-2H3,(H2,21,22). The molecule has 0 aliphatic carbocycles. The van der Waals surface area contributed by atoms with Crippen molar-refractivity contribution in [3.8, 4) is 17.2 Å². The van der Waals surface area contributed by atoms with Crippen molar-refractivity contribution in [2.75, 3.05) is 33.2 Å². The van der Waals surface area contributed by atoms with Crippen LogP contribution in [0.25, 0.3) is 0 Å². The molecule has 2 aromatic rings. The van der Waals surface area contributed by atoms with Gasteiger partial charge in [-0.15, -0.1) is 0 Å². The molecule has 2 rings (SSSR count). The lowest BCUT2D eigenvalue weighted by Crippen LogP contribution is -2.20. The van der Waals surface area contributed by atoms with Crippen LogP contribution in [0.15, 0.2) is 47.4 Å². The Hall–Kier alpha value is -3.27. The second-order valence-corrected chi connectivity index (χ2v) is 8.20. The normalized spacial score (nSPS) is 10.9. The van der Waals surface area contributed by atoms with Gasteiger partial charge < -0.3 is 24.7 Å². The van der Waals surface area contributed by atoms with Gasteiger partial charge in [0.25, 0.3) is 5.91 Å². The SMILES string of the molecule is COc1cc(C(=O)OCCCS(=O)(=O)c2ccccc2)cc(OC)c1OCC(N)=O. The predicted octanol–water partition coefficient (Wildman–Crippen LogP) is 1.59. The summed E-state index contributed by atoms with van der Waals surface area (Å²) in [5.74, 6) is -1.12. The van der Waals surface area contributed by atoms with E-state index in [-0.39, 0.29) is 46.5 Å². The van der Waals surface area contributed by atoms with Gasteiger partial charge in [-0.3, -0.25) is 4.79 Å². The Morgan fingerprint density at radius 3 is 2.13 bits per heavy atom. The molecule has 30 heavy (non-hydrogen) atoms. The molecule has 162 valence electrons. The van der Waals surface area contributed by atoms with Crippen LogP contribution in [-0.4, -0.2) is 53.5 Å². The minimum atomic E-state index is -3.45. The Bertz CT molecular complexity index is 964. The largest absolute Gasteiger partial charge is 0.493 e. The minimum Gasteiger partial charge on any atom is -0.493 e. The van der Waals surface area contributed by atoms with E-state index in [1.165, 1.54) is 38.5 Å². The number of ether oxygens (including phenoxy) is 4. The topological polar surface area (TPSA) is 131 Å². The van der Waals surface area contributed by atoms with Gasteiger partial charge in [0.1, 0.15) is 0 Å². The summed E-state index contributed by atoms with van der Waals surface area (Å²) >= 11 is 0. The van der Waals surface area contributed by atoms with E-state index in [9.17, 15) is 18.0 Å². The number of carbonyl (C=O) groups excluding carboxylic acids is 2. The summed E-state index contributed by atoms with van der Waals surface area (Å²) in [6, 6.07) is 10.8. The van der Waals surface area contributed by atoms with E-state index in [4.69, 9.17) is 24.7 Å². The third kappa shape index (κ3) is 6.11. The number of rotatable bonds is 11. The molecule has 0 heterocycles. The maximum atomic E-state index is 12.4. The molecule has 0 aromatic heterocycles. The summed E-state index contributed by atoms with van der Waals surface area (Å²) < 4.78 is 45.3. The molecule has 0 aliphatic heterocycles. The lowest BCUT2D eigenvalue weighted by molar-refractivity contribution is -0.120. The summed E-state index contributed by atoms with van der Waals surface area (Å²) in [5, 5.41) is 0. The fraction of sp³-hybridized carbons (Fsp3) is 0.300. The average Bonchev–Trinajstić information content (AvgIpc) is 2.74. The van der Waals surface area contributed by atoms with Gasteiger partial charge in [0.05, 0.1) is 37.0 Å². The third-order valence-corrected chi connectivity index (χ3v) is 5.76. The highest BCUT2D eigenvalue weighted by Crippen LogP contribution is 2.38. The van der Waals surface area contributed by atoms with E-state index >= 15 is 0 Å². The van der Waals surface area contributed by atoms with Crippen molar-refractivity contribution >= 4 is 21.7 Å². The summed E-state index contributed by atoms with van der Waals surface area (Å²) in [5.41, 5.74) is 5.19. The zero-order chi connectivity index (χ0) is 22.1. The fourth-order valence-electron chi connectivity index (χ4n) is 2.53. The molecule has 0 bridgehead atoms. The number of sulfone groups is 1. The van der Waals surface area contributed by atoms with Crippen molar-refractivity contribution in [1.29, 1.82) is 0 Å². The van der Waals surface area contributed by atoms with Crippen molar-refractivity contribution in [3.05, 3.63) is 48.0 Å². The number of primary amides is 1. The first-order valence-corrected chi connectivity index (χ1v) is 10.6. The molecule has 0 atom stereocenters. The molecule has 0 saturated heterocycles. The summed E-state index contributed by atoms with van der Waals surface area (Å²) in [6.45, 7) is -0.484. The second kappa shape index (κ2) is 10.5. The van der Waals surface area contributed by atoms with Gasteiger partial charge in [0.2, 0.25) is 5.75 Å². The van der Waals surface area contributed by atoms with Crippen LogP contribution in [0.3, 0.4) is 0 Å². The Labute approximate surface area is 174 Å².